The van der Waals surface area contributed by atoms with Gasteiger partial charge in [-0.3, -0.25) is 4.90 Å². The van der Waals surface area contributed by atoms with Crippen LogP contribution in [0.5, 0.6) is 11.5 Å². The zero-order chi connectivity index (χ0) is 20.7. The molecule has 3 rings (SSSR count). The Morgan fingerprint density at radius 3 is 2.38 bits per heavy atom. The Morgan fingerprint density at radius 2 is 1.72 bits per heavy atom. The van der Waals surface area contributed by atoms with Crippen LogP contribution in [-0.4, -0.2) is 43.9 Å². The smallest absolute Gasteiger partial charge is 0.390 e. The van der Waals surface area contributed by atoms with Gasteiger partial charge >= 0.3 is 6.18 Å². The van der Waals surface area contributed by atoms with Crippen LogP contribution in [0.15, 0.2) is 48.5 Å². The first-order valence-corrected chi connectivity index (χ1v) is 9.91. The first-order valence-electron chi connectivity index (χ1n) is 9.91. The maximum absolute atomic E-state index is 13.3. The van der Waals surface area contributed by atoms with Crippen LogP contribution in [0.1, 0.15) is 30.5 Å². The first kappa shape index (κ1) is 21.5. The fourth-order valence-corrected chi connectivity index (χ4v) is 3.53. The number of rotatable bonds is 8. The van der Waals surface area contributed by atoms with E-state index in [4.69, 9.17) is 9.47 Å². The molecule has 2 aromatic carbocycles. The summed E-state index contributed by atoms with van der Waals surface area (Å²) in [7, 11) is 0. The van der Waals surface area contributed by atoms with Gasteiger partial charge in [0.1, 0.15) is 6.61 Å². The monoisotopic (exact) mass is 408 g/mol. The highest BCUT2D eigenvalue weighted by molar-refractivity contribution is 5.44. The lowest BCUT2D eigenvalue weighted by Gasteiger charge is -2.36. The lowest BCUT2D eigenvalue weighted by Crippen LogP contribution is -2.46. The van der Waals surface area contributed by atoms with Gasteiger partial charge < -0.3 is 14.8 Å². The van der Waals surface area contributed by atoms with E-state index in [-0.39, 0.29) is 0 Å². The van der Waals surface area contributed by atoms with Gasteiger partial charge in [0, 0.05) is 32.2 Å². The van der Waals surface area contributed by atoms with Crippen molar-refractivity contribution in [1.82, 2.24) is 10.2 Å². The van der Waals surface area contributed by atoms with Crippen LogP contribution >= 0.6 is 0 Å². The Kier molecular flexibility index (Phi) is 7.39. The summed E-state index contributed by atoms with van der Waals surface area (Å²) >= 11 is 0. The van der Waals surface area contributed by atoms with Crippen LogP contribution in [0, 0.1) is 0 Å². The van der Waals surface area contributed by atoms with Gasteiger partial charge in [-0.25, -0.2) is 0 Å². The van der Waals surface area contributed by atoms with Crippen molar-refractivity contribution in [3.05, 3.63) is 59.7 Å². The summed E-state index contributed by atoms with van der Waals surface area (Å²) < 4.78 is 51.4. The summed E-state index contributed by atoms with van der Waals surface area (Å²) in [5.74, 6) is 1.01. The minimum atomic E-state index is -4.25. The van der Waals surface area contributed by atoms with Gasteiger partial charge in [0.25, 0.3) is 0 Å². The molecule has 158 valence electrons. The van der Waals surface area contributed by atoms with E-state index in [0.717, 1.165) is 5.56 Å². The molecule has 0 unspecified atom stereocenters. The molecule has 1 aliphatic rings. The molecule has 0 aromatic heterocycles. The molecular formula is C22H27F3N2O2. The number of piperazine rings is 1. The molecule has 1 atom stereocenters. The molecule has 2 aromatic rings. The molecule has 7 heteroatoms. The van der Waals surface area contributed by atoms with Crippen molar-refractivity contribution in [2.75, 3.05) is 32.8 Å². The molecule has 1 saturated heterocycles. The van der Waals surface area contributed by atoms with Gasteiger partial charge in [-0.15, -0.1) is 0 Å². The molecule has 29 heavy (non-hydrogen) atoms. The standard InChI is InChI=1S/C22H27F3N2O2/c1-2-28-21-14-18(8-9-20(21)29-16-17-6-4-3-5-7-17)19(15-22(23,24)25)27-12-10-26-11-13-27/h3-9,14,19,26H,2,10-13,15-16H2,1H3/t19-/m0/s1. The quantitative estimate of drug-likeness (QED) is 0.694. The SMILES string of the molecule is CCOc1cc([C@H](CC(F)(F)F)N2CCNCC2)ccc1OCc1ccccc1. The van der Waals surface area contributed by atoms with Crippen molar-refractivity contribution in [3.8, 4) is 11.5 Å². The molecular weight excluding hydrogens is 381 g/mol. The highest BCUT2D eigenvalue weighted by atomic mass is 19.4. The molecule has 0 saturated carbocycles. The van der Waals surface area contributed by atoms with Crippen LogP contribution in [0.4, 0.5) is 13.2 Å². The Morgan fingerprint density at radius 1 is 1.00 bits per heavy atom. The van der Waals surface area contributed by atoms with E-state index >= 15 is 0 Å². The molecule has 0 spiro atoms. The second-order valence-corrected chi connectivity index (χ2v) is 7.03. The van der Waals surface area contributed by atoms with Crippen LogP contribution in [0.3, 0.4) is 0 Å². The molecule has 0 radical (unpaired) electrons. The number of nitrogens with one attached hydrogen (secondary N) is 1. The third kappa shape index (κ3) is 6.37. The van der Waals surface area contributed by atoms with E-state index in [9.17, 15) is 13.2 Å². The van der Waals surface area contributed by atoms with E-state index in [2.05, 4.69) is 5.32 Å². The Labute approximate surface area is 169 Å². The van der Waals surface area contributed by atoms with Gasteiger partial charge in [0.2, 0.25) is 0 Å². The highest BCUT2D eigenvalue weighted by Crippen LogP contribution is 2.38. The normalized spacial score (nSPS) is 16.4. The molecule has 0 bridgehead atoms. The van der Waals surface area contributed by atoms with Gasteiger partial charge in [0.15, 0.2) is 11.5 Å². The average Bonchev–Trinajstić information content (AvgIpc) is 2.72. The third-order valence-electron chi connectivity index (χ3n) is 4.91. The Bertz CT molecular complexity index is 762. The van der Waals surface area contributed by atoms with Crippen LogP contribution in [-0.2, 0) is 6.61 Å². The van der Waals surface area contributed by atoms with E-state index in [0.29, 0.717) is 56.5 Å². The molecule has 0 aliphatic carbocycles. The Balaban J connectivity index is 1.83. The van der Waals surface area contributed by atoms with Crippen molar-refractivity contribution in [2.45, 2.75) is 32.2 Å². The maximum Gasteiger partial charge on any atom is 0.390 e. The lowest BCUT2D eigenvalue weighted by molar-refractivity contribution is -0.148. The summed E-state index contributed by atoms with van der Waals surface area (Å²) in [5, 5.41) is 3.19. The minimum absolute atomic E-state index is 0.365. The van der Waals surface area contributed by atoms with E-state index in [1.54, 1.807) is 18.2 Å². The van der Waals surface area contributed by atoms with E-state index in [1.165, 1.54) is 0 Å². The highest BCUT2D eigenvalue weighted by Gasteiger charge is 2.36. The van der Waals surface area contributed by atoms with Crippen molar-refractivity contribution >= 4 is 0 Å². The number of halogens is 3. The second-order valence-electron chi connectivity index (χ2n) is 7.03. The number of ether oxygens (including phenoxy) is 2. The van der Waals surface area contributed by atoms with Gasteiger partial charge in [-0.1, -0.05) is 36.4 Å². The summed E-state index contributed by atoms with van der Waals surface area (Å²) in [6.07, 6.45) is -5.13. The Hall–Kier alpha value is -2.25. The molecule has 1 fully saturated rings. The number of nitrogens with zero attached hydrogens (tertiary/aromatic N) is 1. The summed E-state index contributed by atoms with van der Waals surface area (Å²) in [4.78, 5) is 1.89. The van der Waals surface area contributed by atoms with Crippen LogP contribution in [0.2, 0.25) is 0 Å². The molecule has 4 nitrogen and oxygen atoms in total. The molecule has 1 N–H and O–H groups in total. The van der Waals surface area contributed by atoms with E-state index in [1.807, 2.05) is 42.2 Å². The summed E-state index contributed by atoms with van der Waals surface area (Å²) in [5.41, 5.74) is 1.61. The van der Waals surface area contributed by atoms with Crippen molar-refractivity contribution in [3.63, 3.8) is 0 Å². The molecule has 0 amide bonds. The number of benzene rings is 2. The first-order chi connectivity index (χ1) is 14.0. The minimum Gasteiger partial charge on any atom is -0.490 e. The zero-order valence-electron chi connectivity index (χ0n) is 16.5. The van der Waals surface area contributed by atoms with Gasteiger partial charge in [-0.05, 0) is 30.2 Å². The molecule has 1 aliphatic heterocycles. The van der Waals surface area contributed by atoms with Crippen LogP contribution in [0.25, 0.3) is 0 Å². The average molecular weight is 408 g/mol. The predicted molar refractivity (Wildman–Crippen MR) is 106 cm³/mol. The molecule has 1 heterocycles. The van der Waals surface area contributed by atoms with Crippen LogP contribution < -0.4 is 14.8 Å². The van der Waals surface area contributed by atoms with Gasteiger partial charge in [-0.2, -0.15) is 13.2 Å². The summed E-state index contributed by atoms with van der Waals surface area (Å²) in [6.45, 7) is 5.15. The second kappa shape index (κ2) is 9.98. The maximum atomic E-state index is 13.3. The van der Waals surface area contributed by atoms with Gasteiger partial charge in [0.05, 0.1) is 13.0 Å². The van der Waals surface area contributed by atoms with Crippen molar-refractivity contribution in [2.24, 2.45) is 0 Å². The fourth-order valence-electron chi connectivity index (χ4n) is 3.53. The third-order valence-corrected chi connectivity index (χ3v) is 4.91. The largest absolute Gasteiger partial charge is 0.490 e. The van der Waals surface area contributed by atoms with Crippen molar-refractivity contribution in [1.29, 1.82) is 0 Å². The predicted octanol–water partition coefficient (Wildman–Crippen LogP) is 4.56. The topological polar surface area (TPSA) is 33.7 Å². The van der Waals surface area contributed by atoms with E-state index < -0.39 is 18.6 Å². The lowest BCUT2D eigenvalue weighted by atomic mass is 10.00. The summed E-state index contributed by atoms with van der Waals surface area (Å²) in [6, 6.07) is 14.1. The number of alkyl halides is 3. The zero-order valence-corrected chi connectivity index (χ0v) is 16.5. The fraction of sp³-hybridized carbons (Fsp3) is 0.455. The van der Waals surface area contributed by atoms with Crippen molar-refractivity contribution < 1.29 is 22.6 Å². The number of hydrogen-bond acceptors (Lipinski definition) is 4. The number of hydrogen-bond donors (Lipinski definition) is 1.